The van der Waals surface area contributed by atoms with Crippen LogP contribution in [0.4, 0.5) is 5.69 Å². The number of benzene rings is 1. The molecule has 6 heteroatoms. The number of hydrogen-bond donors (Lipinski definition) is 1. The molecule has 1 fully saturated rings. The first-order valence-electron chi connectivity index (χ1n) is 8.18. The Morgan fingerprint density at radius 2 is 1.92 bits per heavy atom. The van der Waals surface area contributed by atoms with Crippen LogP contribution in [0.1, 0.15) is 34.8 Å². The average molecular weight is 326 g/mol. The molecule has 1 heterocycles. The van der Waals surface area contributed by atoms with Crippen LogP contribution in [0, 0.1) is 0 Å². The molecule has 1 amide bonds. The zero-order valence-corrected chi connectivity index (χ0v) is 14.0. The second-order valence-electron chi connectivity index (χ2n) is 6.29. The van der Waals surface area contributed by atoms with Gasteiger partial charge in [0.1, 0.15) is 0 Å². The topological polar surface area (TPSA) is 67.2 Å². The maximum Gasteiger partial charge on any atom is 0.266 e. The molecule has 1 aliphatic carbocycles. The summed E-state index contributed by atoms with van der Waals surface area (Å²) < 4.78 is 1.43. The van der Waals surface area contributed by atoms with E-state index in [0.29, 0.717) is 24.6 Å². The van der Waals surface area contributed by atoms with E-state index in [1.807, 2.05) is 31.1 Å². The maximum atomic E-state index is 12.2. The lowest BCUT2D eigenvalue weighted by Crippen LogP contribution is -2.32. The third-order valence-electron chi connectivity index (χ3n) is 4.14. The molecule has 1 N–H and O–H groups in total. The summed E-state index contributed by atoms with van der Waals surface area (Å²) in [7, 11) is 3.91. The second kappa shape index (κ2) is 6.86. The van der Waals surface area contributed by atoms with Gasteiger partial charge in [-0.3, -0.25) is 9.59 Å². The third-order valence-corrected chi connectivity index (χ3v) is 4.14. The molecule has 0 unspecified atom stereocenters. The van der Waals surface area contributed by atoms with Crippen molar-refractivity contribution in [1.29, 1.82) is 0 Å². The van der Waals surface area contributed by atoms with Crippen LogP contribution in [0.25, 0.3) is 0 Å². The van der Waals surface area contributed by atoms with Gasteiger partial charge in [-0.2, -0.15) is 5.10 Å². The van der Waals surface area contributed by atoms with Crippen molar-refractivity contribution < 1.29 is 4.79 Å². The van der Waals surface area contributed by atoms with Crippen LogP contribution in [0.2, 0.25) is 0 Å². The molecule has 1 aromatic heterocycles. The highest BCUT2D eigenvalue weighted by Gasteiger charge is 2.25. The summed E-state index contributed by atoms with van der Waals surface area (Å²) >= 11 is 0. The Kier molecular flexibility index (Phi) is 4.64. The number of hydrogen-bond acceptors (Lipinski definition) is 4. The number of rotatable bonds is 6. The van der Waals surface area contributed by atoms with Gasteiger partial charge in [-0.1, -0.05) is 0 Å². The van der Waals surface area contributed by atoms with E-state index in [1.54, 1.807) is 24.3 Å². The van der Waals surface area contributed by atoms with E-state index in [9.17, 15) is 9.59 Å². The first kappa shape index (κ1) is 16.2. The Hall–Kier alpha value is -2.63. The number of aromatic nitrogens is 2. The Bertz CT molecular complexity index is 776. The fourth-order valence-electron chi connectivity index (χ4n) is 2.51. The third kappa shape index (κ3) is 3.82. The first-order chi connectivity index (χ1) is 11.5. The normalized spacial score (nSPS) is 13.6. The molecule has 0 saturated heterocycles. The van der Waals surface area contributed by atoms with Gasteiger partial charge < -0.3 is 10.2 Å². The van der Waals surface area contributed by atoms with Crippen molar-refractivity contribution in [2.45, 2.75) is 25.3 Å². The highest BCUT2D eigenvalue weighted by atomic mass is 16.1. The van der Waals surface area contributed by atoms with Crippen LogP contribution in [0.5, 0.6) is 0 Å². The van der Waals surface area contributed by atoms with Crippen LogP contribution in [0.3, 0.4) is 0 Å². The van der Waals surface area contributed by atoms with Crippen LogP contribution in [0.15, 0.2) is 41.2 Å². The smallest absolute Gasteiger partial charge is 0.266 e. The quantitative estimate of drug-likeness (QED) is 0.876. The second-order valence-corrected chi connectivity index (χ2v) is 6.29. The fourth-order valence-corrected chi connectivity index (χ4v) is 2.51. The SMILES string of the molecule is CN(C)c1ccc(C(=O)NCCn2nc(C3CC3)ccc2=O)cc1. The highest BCUT2D eigenvalue weighted by Crippen LogP contribution is 2.38. The molecule has 126 valence electrons. The van der Waals surface area contributed by atoms with Gasteiger partial charge in [0.15, 0.2) is 0 Å². The van der Waals surface area contributed by atoms with Gasteiger partial charge in [-0.15, -0.1) is 0 Å². The number of amides is 1. The minimum absolute atomic E-state index is 0.135. The van der Waals surface area contributed by atoms with Crippen molar-refractivity contribution in [1.82, 2.24) is 15.1 Å². The molecule has 0 spiro atoms. The molecule has 1 aromatic carbocycles. The molecule has 0 bridgehead atoms. The predicted octanol–water partition coefficient (Wildman–Crippen LogP) is 1.62. The zero-order valence-electron chi connectivity index (χ0n) is 14.0. The van der Waals surface area contributed by atoms with Crippen molar-refractivity contribution in [3.63, 3.8) is 0 Å². The number of carbonyl (C=O) groups is 1. The maximum absolute atomic E-state index is 12.2. The van der Waals surface area contributed by atoms with E-state index < -0.39 is 0 Å². The van der Waals surface area contributed by atoms with Gasteiger partial charge >= 0.3 is 0 Å². The summed E-state index contributed by atoms with van der Waals surface area (Å²) in [5.41, 5.74) is 2.48. The van der Waals surface area contributed by atoms with E-state index in [-0.39, 0.29) is 11.5 Å². The van der Waals surface area contributed by atoms with E-state index in [2.05, 4.69) is 10.4 Å². The van der Waals surface area contributed by atoms with E-state index in [4.69, 9.17) is 0 Å². The summed E-state index contributed by atoms with van der Waals surface area (Å²) in [6.07, 6.45) is 2.29. The van der Waals surface area contributed by atoms with Crippen LogP contribution >= 0.6 is 0 Å². The minimum Gasteiger partial charge on any atom is -0.378 e. The molecule has 1 aliphatic rings. The number of nitrogens with one attached hydrogen (secondary N) is 1. The standard InChI is InChI=1S/C18H22N4O2/c1-21(2)15-7-5-14(6-8-15)18(24)19-11-12-22-17(23)10-9-16(20-22)13-3-4-13/h5-10,13H,3-4,11-12H2,1-2H3,(H,19,24). The zero-order chi connectivity index (χ0) is 17.1. The summed E-state index contributed by atoms with van der Waals surface area (Å²) in [4.78, 5) is 26.0. The number of carbonyl (C=O) groups excluding carboxylic acids is 1. The van der Waals surface area contributed by atoms with Gasteiger partial charge in [0.2, 0.25) is 0 Å². The molecule has 6 nitrogen and oxygen atoms in total. The molecule has 2 aromatic rings. The molecule has 1 saturated carbocycles. The van der Waals surface area contributed by atoms with Gasteiger partial charge in [0.25, 0.3) is 11.5 Å². The van der Waals surface area contributed by atoms with Crippen molar-refractivity contribution in [2.24, 2.45) is 0 Å². The van der Waals surface area contributed by atoms with Gasteiger partial charge in [-0.05, 0) is 43.2 Å². The first-order valence-corrected chi connectivity index (χ1v) is 8.18. The Morgan fingerprint density at radius 3 is 2.54 bits per heavy atom. The Balaban J connectivity index is 1.57. The van der Waals surface area contributed by atoms with E-state index >= 15 is 0 Å². The largest absolute Gasteiger partial charge is 0.378 e. The van der Waals surface area contributed by atoms with Crippen LogP contribution in [-0.4, -0.2) is 36.3 Å². The van der Waals surface area contributed by atoms with Crippen LogP contribution < -0.4 is 15.8 Å². The minimum atomic E-state index is -0.147. The Morgan fingerprint density at radius 1 is 1.21 bits per heavy atom. The molecule has 0 aliphatic heterocycles. The van der Waals surface area contributed by atoms with Gasteiger partial charge in [0.05, 0.1) is 12.2 Å². The van der Waals surface area contributed by atoms with E-state index in [1.165, 1.54) is 4.68 Å². The monoisotopic (exact) mass is 326 g/mol. The van der Waals surface area contributed by atoms with Crippen molar-refractivity contribution in [2.75, 3.05) is 25.5 Å². The molecule has 0 atom stereocenters. The number of anilines is 1. The fraction of sp³-hybridized carbons (Fsp3) is 0.389. The molecule has 3 rings (SSSR count). The Labute approximate surface area is 141 Å². The average Bonchev–Trinajstić information content (AvgIpc) is 3.41. The summed E-state index contributed by atoms with van der Waals surface area (Å²) in [6.45, 7) is 0.746. The lowest BCUT2D eigenvalue weighted by Gasteiger charge is -2.12. The van der Waals surface area contributed by atoms with Crippen molar-refractivity contribution in [3.8, 4) is 0 Å². The summed E-state index contributed by atoms with van der Waals surface area (Å²) in [5.74, 6) is 0.355. The molecular formula is C18H22N4O2. The van der Waals surface area contributed by atoms with Crippen LogP contribution in [-0.2, 0) is 6.54 Å². The van der Waals surface area contributed by atoms with Crippen molar-refractivity contribution in [3.05, 3.63) is 58.0 Å². The van der Waals surface area contributed by atoms with Crippen molar-refractivity contribution >= 4 is 11.6 Å². The lowest BCUT2D eigenvalue weighted by molar-refractivity contribution is 0.0951. The summed E-state index contributed by atoms with van der Waals surface area (Å²) in [6, 6.07) is 10.8. The van der Waals surface area contributed by atoms with Gasteiger partial charge in [-0.25, -0.2) is 4.68 Å². The summed E-state index contributed by atoms with van der Waals surface area (Å²) in [5, 5.41) is 7.22. The molecular weight excluding hydrogens is 304 g/mol. The molecule has 0 radical (unpaired) electrons. The molecule has 24 heavy (non-hydrogen) atoms. The highest BCUT2D eigenvalue weighted by molar-refractivity contribution is 5.94. The van der Waals surface area contributed by atoms with E-state index in [0.717, 1.165) is 24.2 Å². The van der Waals surface area contributed by atoms with Gasteiger partial charge in [0, 0.05) is 43.9 Å². The predicted molar refractivity (Wildman–Crippen MR) is 93.6 cm³/mol. The lowest BCUT2D eigenvalue weighted by atomic mass is 10.2. The number of nitrogens with zero attached hydrogens (tertiary/aromatic N) is 3.